The van der Waals surface area contributed by atoms with Gasteiger partial charge in [0.05, 0.1) is 6.42 Å². The molecule has 0 saturated heterocycles. The third kappa shape index (κ3) is 2.09. The van der Waals surface area contributed by atoms with Gasteiger partial charge < -0.3 is 10.2 Å². The van der Waals surface area contributed by atoms with Gasteiger partial charge in [0.1, 0.15) is 11.7 Å². The van der Waals surface area contributed by atoms with Gasteiger partial charge in [-0.3, -0.25) is 0 Å². The molecule has 0 spiro atoms. The zero-order valence-electron chi connectivity index (χ0n) is 8.86. The van der Waals surface area contributed by atoms with Gasteiger partial charge in [-0.1, -0.05) is 19.8 Å². The summed E-state index contributed by atoms with van der Waals surface area (Å²) >= 11 is 0. The fourth-order valence-electron chi connectivity index (χ4n) is 1.65. The molecule has 2 heterocycles. The second kappa shape index (κ2) is 4.29. The number of nitrogens with one attached hydrogen (secondary N) is 1. The summed E-state index contributed by atoms with van der Waals surface area (Å²) < 4.78 is 0.870. The third-order valence-corrected chi connectivity index (χ3v) is 2.51. The normalized spacial score (nSPS) is 11.0. The molecule has 0 fully saturated rings. The second-order valence-corrected chi connectivity index (χ2v) is 3.72. The van der Waals surface area contributed by atoms with Crippen molar-refractivity contribution in [3.8, 4) is 0 Å². The van der Waals surface area contributed by atoms with Crippen molar-refractivity contribution in [2.24, 2.45) is 0 Å². The van der Waals surface area contributed by atoms with Crippen molar-refractivity contribution in [1.29, 1.82) is 0 Å². The van der Waals surface area contributed by atoms with Gasteiger partial charge in [-0.05, 0) is 11.4 Å². The number of hydrogen-bond donors (Lipinski definition) is 1. The molecule has 0 aromatic carbocycles. The van der Waals surface area contributed by atoms with E-state index in [1.807, 2.05) is 6.07 Å². The smallest absolute Gasteiger partial charge is 0.302 e. The van der Waals surface area contributed by atoms with Crippen LogP contribution in [-0.2, 0) is 6.42 Å². The van der Waals surface area contributed by atoms with E-state index in [9.17, 15) is 5.21 Å². The number of aryl methyl sites for hydroxylation is 1. The van der Waals surface area contributed by atoms with Gasteiger partial charge in [0.15, 0.2) is 0 Å². The molecule has 0 bridgehead atoms. The van der Waals surface area contributed by atoms with Gasteiger partial charge >= 0.3 is 5.82 Å². The molecule has 15 heavy (non-hydrogen) atoms. The Kier molecular flexibility index (Phi) is 2.85. The van der Waals surface area contributed by atoms with E-state index < -0.39 is 0 Å². The van der Waals surface area contributed by atoms with E-state index in [-0.39, 0.29) is 0 Å². The summed E-state index contributed by atoms with van der Waals surface area (Å²) in [6.07, 6.45) is 7.45. The van der Waals surface area contributed by atoms with Crippen molar-refractivity contribution in [2.45, 2.75) is 32.6 Å². The zero-order valence-corrected chi connectivity index (χ0v) is 8.86. The number of H-pyrrole nitrogens is 1. The first kappa shape index (κ1) is 9.96. The van der Waals surface area contributed by atoms with Crippen LogP contribution in [0.4, 0.5) is 0 Å². The molecule has 0 aliphatic heterocycles. The highest BCUT2D eigenvalue weighted by atomic mass is 16.5. The molecular formula is C11H15N3O. The van der Waals surface area contributed by atoms with Crippen molar-refractivity contribution < 1.29 is 4.73 Å². The molecular weight excluding hydrogens is 190 g/mol. The molecule has 0 aliphatic rings. The van der Waals surface area contributed by atoms with Crippen molar-refractivity contribution in [3.63, 3.8) is 0 Å². The maximum Gasteiger partial charge on any atom is 0.302 e. The second-order valence-electron chi connectivity index (χ2n) is 3.72. The molecule has 0 radical (unpaired) electrons. The standard InChI is InChI=1S/C11H15N3O/c1-2-3-4-5-11-13-9-6-7-12-10(9)8-14(11)15/h6-8,12H,2-5H2,1H3. The van der Waals surface area contributed by atoms with Crippen LogP contribution in [0.5, 0.6) is 0 Å². The number of rotatable bonds is 4. The average Bonchev–Trinajstić information content (AvgIpc) is 2.65. The minimum atomic E-state index is 0.621. The lowest BCUT2D eigenvalue weighted by Gasteiger charge is -2.04. The molecule has 1 N–H and O–H groups in total. The average molecular weight is 205 g/mol. The van der Waals surface area contributed by atoms with Crippen LogP contribution in [-0.4, -0.2) is 9.97 Å². The highest BCUT2D eigenvalue weighted by Crippen LogP contribution is 2.08. The fourth-order valence-corrected chi connectivity index (χ4v) is 1.65. The molecule has 2 aromatic rings. The van der Waals surface area contributed by atoms with Gasteiger partial charge in [0.2, 0.25) is 5.52 Å². The molecule has 0 saturated carbocycles. The zero-order chi connectivity index (χ0) is 10.7. The topological polar surface area (TPSA) is 55.6 Å². The van der Waals surface area contributed by atoms with E-state index in [4.69, 9.17) is 0 Å². The summed E-state index contributed by atoms with van der Waals surface area (Å²) in [7, 11) is 0. The Bertz CT molecular complexity index is 450. The Hall–Kier alpha value is -1.58. The lowest BCUT2D eigenvalue weighted by molar-refractivity contribution is -0.616. The Morgan fingerprint density at radius 2 is 2.33 bits per heavy atom. The molecule has 4 nitrogen and oxygen atoms in total. The van der Waals surface area contributed by atoms with Crippen LogP contribution < -0.4 is 4.73 Å². The lowest BCUT2D eigenvalue weighted by Crippen LogP contribution is -2.32. The minimum Gasteiger partial charge on any atom is -0.711 e. The Labute approximate surface area is 88.5 Å². The van der Waals surface area contributed by atoms with Crippen LogP contribution in [0, 0.1) is 5.21 Å². The van der Waals surface area contributed by atoms with Crippen molar-refractivity contribution >= 4 is 11.0 Å². The third-order valence-electron chi connectivity index (χ3n) is 2.51. The molecule has 2 rings (SSSR count). The van der Waals surface area contributed by atoms with E-state index >= 15 is 0 Å². The summed E-state index contributed by atoms with van der Waals surface area (Å²) in [5.74, 6) is 0.621. The predicted octanol–water partition coefficient (Wildman–Crippen LogP) is 1.93. The van der Waals surface area contributed by atoms with Gasteiger partial charge in [-0.15, -0.1) is 0 Å². The Morgan fingerprint density at radius 1 is 1.47 bits per heavy atom. The van der Waals surface area contributed by atoms with Crippen LogP contribution in [0.3, 0.4) is 0 Å². The SMILES string of the molecule is CCCCCc1nc2cc[nH]c2c[n+]1[O-]. The van der Waals surface area contributed by atoms with Crippen LogP contribution in [0.2, 0.25) is 0 Å². The van der Waals surface area contributed by atoms with Gasteiger partial charge in [-0.2, -0.15) is 0 Å². The fraction of sp³-hybridized carbons (Fsp3) is 0.455. The van der Waals surface area contributed by atoms with Crippen molar-refractivity contribution in [3.05, 3.63) is 29.5 Å². The molecule has 80 valence electrons. The summed E-state index contributed by atoms with van der Waals surface area (Å²) in [6, 6.07) is 1.89. The maximum absolute atomic E-state index is 11.6. The number of nitrogens with zero attached hydrogens (tertiary/aromatic N) is 2. The van der Waals surface area contributed by atoms with E-state index in [1.54, 1.807) is 12.4 Å². The quantitative estimate of drug-likeness (QED) is 0.471. The van der Waals surface area contributed by atoms with Crippen LogP contribution in [0.1, 0.15) is 32.0 Å². The number of fused-ring (bicyclic) bond motifs is 1. The van der Waals surface area contributed by atoms with Gasteiger partial charge in [-0.25, -0.2) is 4.73 Å². The highest BCUT2D eigenvalue weighted by molar-refractivity contribution is 5.72. The summed E-state index contributed by atoms with van der Waals surface area (Å²) in [6.45, 7) is 2.15. The Morgan fingerprint density at radius 3 is 3.13 bits per heavy atom. The first-order valence-corrected chi connectivity index (χ1v) is 5.37. The minimum absolute atomic E-state index is 0.621. The molecule has 0 atom stereocenters. The van der Waals surface area contributed by atoms with Crippen molar-refractivity contribution in [2.75, 3.05) is 0 Å². The number of aromatic nitrogens is 3. The van der Waals surface area contributed by atoms with Crippen molar-refractivity contribution in [1.82, 2.24) is 9.97 Å². The number of unbranched alkanes of at least 4 members (excludes halogenated alkanes) is 2. The van der Waals surface area contributed by atoms with Crippen LogP contribution >= 0.6 is 0 Å². The first-order chi connectivity index (χ1) is 7.31. The summed E-state index contributed by atoms with van der Waals surface area (Å²) in [5, 5.41) is 11.6. The highest BCUT2D eigenvalue weighted by Gasteiger charge is 2.10. The van der Waals surface area contributed by atoms with Crippen LogP contribution in [0.25, 0.3) is 11.0 Å². The summed E-state index contributed by atoms with van der Waals surface area (Å²) in [5.41, 5.74) is 1.66. The first-order valence-electron chi connectivity index (χ1n) is 5.37. The van der Waals surface area contributed by atoms with Gasteiger partial charge in [0.25, 0.3) is 0 Å². The monoisotopic (exact) mass is 205 g/mol. The largest absolute Gasteiger partial charge is 0.711 e. The molecule has 4 heteroatoms. The van der Waals surface area contributed by atoms with E-state index in [1.165, 1.54) is 0 Å². The van der Waals surface area contributed by atoms with Crippen LogP contribution in [0.15, 0.2) is 18.5 Å². The van der Waals surface area contributed by atoms with E-state index in [0.717, 1.165) is 41.4 Å². The lowest BCUT2D eigenvalue weighted by atomic mass is 10.2. The molecule has 0 amide bonds. The van der Waals surface area contributed by atoms with E-state index in [2.05, 4.69) is 16.9 Å². The molecule has 2 aromatic heterocycles. The van der Waals surface area contributed by atoms with E-state index in [0.29, 0.717) is 5.82 Å². The molecule has 0 unspecified atom stereocenters. The van der Waals surface area contributed by atoms with Gasteiger partial charge in [0, 0.05) is 12.3 Å². The maximum atomic E-state index is 11.6. The number of aromatic amines is 1. The predicted molar refractivity (Wildman–Crippen MR) is 58.3 cm³/mol. The molecule has 0 aliphatic carbocycles. The summed E-state index contributed by atoms with van der Waals surface area (Å²) in [4.78, 5) is 7.30. The Balaban J connectivity index is 2.22. The number of hydrogen-bond acceptors (Lipinski definition) is 2.